The molecule has 0 fully saturated rings. The molecule has 2 aromatic rings. The number of thioether (sulfide) groups is 1. The molecule has 2 aliphatic rings. The van der Waals surface area contributed by atoms with E-state index in [-0.39, 0.29) is 18.4 Å². The fourth-order valence-electron chi connectivity index (χ4n) is 4.43. The van der Waals surface area contributed by atoms with Crippen molar-refractivity contribution in [1.29, 1.82) is 0 Å². The molecule has 7 nitrogen and oxygen atoms in total. The van der Waals surface area contributed by atoms with E-state index in [0.717, 1.165) is 16.8 Å². The summed E-state index contributed by atoms with van der Waals surface area (Å²) >= 11 is 1.44. The third-order valence-corrected chi connectivity index (χ3v) is 6.96. The van der Waals surface area contributed by atoms with Crippen LogP contribution >= 0.6 is 11.8 Å². The van der Waals surface area contributed by atoms with E-state index in [1.54, 1.807) is 7.11 Å². The molecule has 0 aliphatic carbocycles. The lowest BCUT2D eigenvalue weighted by atomic mass is 9.93. The van der Waals surface area contributed by atoms with Crippen molar-refractivity contribution in [2.45, 2.75) is 58.7 Å². The number of hydrogen-bond donors (Lipinski definition) is 1. The topological polar surface area (TPSA) is 80.2 Å². The smallest absolute Gasteiger partial charge is 0.338 e. The molecule has 0 spiro atoms. The van der Waals surface area contributed by atoms with Gasteiger partial charge in [0.25, 0.3) is 0 Å². The number of nitrogens with one attached hydrogen (secondary N) is 1. The molecule has 2 aromatic carbocycles. The zero-order valence-corrected chi connectivity index (χ0v) is 22.9. The summed E-state index contributed by atoms with van der Waals surface area (Å²) in [5, 5.41) is 5.72. The maximum absolute atomic E-state index is 13.5. The number of hydrogen-bond acceptors (Lipinski definition) is 7. The van der Waals surface area contributed by atoms with Gasteiger partial charge in [-0.2, -0.15) is 0 Å². The van der Waals surface area contributed by atoms with Crippen LogP contribution < -0.4 is 10.1 Å². The Hall–Kier alpha value is -3.52. The lowest BCUT2D eigenvalue weighted by Crippen LogP contribution is -2.39. The van der Waals surface area contributed by atoms with Crippen LogP contribution in [-0.2, 0) is 14.3 Å². The van der Waals surface area contributed by atoms with Crippen LogP contribution in [0.5, 0.6) is 5.75 Å². The number of carbonyl (C=O) groups excluding carboxylic acids is 2. The first-order chi connectivity index (χ1) is 17.6. The van der Waals surface area contributed by atoms with Gasteiger partial charge in [0.2, 0.25) is 5.91 Å². The van der Waals surface area contributed by atoms with E-state index in [1.807, 2.05) is 99.5 Å². The van der Waals surface area contributed by atoms with Crippen LogP contribution in [0.1, 0.15) is 64.3 Å². The predicted octanol–water partition coefficient (Wildman–Crippen LogP) is 5.88. The average molecular weight is 520 g/mol. The second kappa shape index (κ2) is 10.8. The van der Waals surface area contributed by atoms with Gasteiger partial charge in [-0.3, -0.25) is 4.79 Å². The molecular weight excluding hydrogens is 486 g/mol. The van der Waals surface area contributed by atoms with Crippen LogP contribution in [0.2, 0.25) is 0 Å². The zero-order chi connectivity index (χ0) is 26.7. The van der Waals surface area contributed by atoms with Crippen molar-refractivity contribution in [3.05, 3.63) is 88.1 Å². The van der Waals surface area contributed by atoms with Gasteiger partial charge < -0.3 is 19.7 Å². The second-order valence-corrected chi connectivity index (χ2v) is 10.9. The van der Waals surface area contributed by atoms with Gasteiger partial charge in [-0.05, 0) is 51.7 Å². The number of methoxy groups -OCH3 is 1. The summed E-state index contributed by atoms with van der Waals surface area (Å²) in [6, 6.07) is 16.7. The van der Waals surface area contributed by atoms with Crippen LogP contribution in [0.25, 0.3) is 0 Å². The molecule has 0 saturated carbocycles. The minimum Gasteiger partial charge on any atom is -0.496 e. The fraction of sp³-hybridized carbons (Fsp3) is 0.345. The quantitative estimate of drug-likeness (QED) is 0.460. The maximum Gasteiger partial charge on any atom is 0.338 e. The van der Waals surface area contributed by atoms with Gasteiger partial charge >= 0.3 is 5.97 Å². The Bertz CT molecular complexity index is 1280. The summed E-state index contributed by atoms with van der Waals surface area (Å²) < 4.78 is 11.5. The normalized spacial score (nSPS) is 18.0. The monoisotopic (exact) mass is 519 g/mol. The van der Waals surface area contributed by atoms with Crippen LogP contribution in [0.15, 0.2) is 82.0 Å². The summed E-state index contributed by atoms with van der Waals surface area (Å²) in [6.45, 7) is 9.30. The molecular formula is C29H33N3O4S. The zero-order valence-electron chi connectivity index (χ0n) is 22.1. The molecule has 8 heteroatoms. The molecule has 2 heterocycles. The first kappa shape index (κ1) is 26.5. The molecule has 0 bridgehead atoms. The van der Waals surface area contributed by atoms with Crippen molar-refractivity contribution >= 4 is 28.8 Å². The molecule has 1 N–H and O–H groups in total. The van der Waals surface area contributed by atoms with Gasteiger partial charge in [-0.1, -0.05) is 60.3 Å². The highest BCUT2D eigenvalue weighted by atomic mass is 32.2. The van der Waals surface area contributed by atoms with Gasteiger partial charge in [-0.15, -0.1) is 0 Å². The lowest BCUT2D eigenvalue weighted by molar-refractivity contribution is -0.150. The van der Waals surface area contributed by atoms with Crippen molar-refractivity contribution in [1.82, 2.24) is 10.2 Å². The highest BCUT2D eigenvalue weighted by Crippen LogP contribution is 2.47. The summed E-state index contributed by atoms with van der Waals surface area (Å²) in [6.07, 6.45) is 0.134. The second-order valence-electron chi connectivity index (χ2n) is 10.0. The minimum absolute atomic E-state index is 0.117. The van der Waals surface area contributed by atoms with Gasteiger partial charge in [0.15, 0.2) is 5.17 Å². The number of amides is 1. The van der Waals surface area contributed by atoms with E-state index in [0.29, 0.717) is 22.2 Å². The Kier molecular flexibility index (Phi) is 7.78. The van der Waals surface area contributed by atoms with E-state index in [1.165, 1.54) is 11.8 Å². The molecule has 1 amide bonds. The molecule has 0 unspecified atom stereocenters. The number of aliphatic imine (C=N–C) groups is 1. The third-order valence-electron chi connectivity index (χ3n) is 6.07. The fourth-order valence-corrected chi connectivity index (χ4v) is 5.40. The first-order valence-corrected chi connectivity index (χ1v) is 13.1. The predicted molar refractivity (Wildman–Crippen MR) is 147 cm³/mol. The molecule has 2 atom stereocenters. The number of rotatable bonds is 7. The summed E-state index contributed by atoms with van der Waals surface area (Å²) in [5.41, 5.74) is 2.92. The molecule has 2 aliphatic heterocycles. The number of allylic oxidation sites excluding steroid dienone is 1. The van der Waals surface area contributed by atoms with E-state index in [4.69, 9.17) is 14.5 Å². The number of fused-ring (bicyclic) bond motifs is 1. The van der Waals surface area contributed by atoms with Crippen molar-refractivity contribution < 1.29 is 19.1 Å². The SMILES string of the molecule is COc1ccccc1[C@@H]1C(C(=O)OC(C)(C)C)=C(C)N=C2SC=C(CC(=O)N[C@H](C)c3ccccc3)N21. The summed E-state index contributed by atoms with van der Waals surface area (Å²) in [4.78, 5) is 33.3. The number of benzene rings is 2. The maximum atomic E-state index is 13.5. The molecule has 194 valence electrons. The molecule has 0 radical (unpaired) electrons. The number of esters is 1. The van der Waals surface area contributed by atoms with E-state index in [2.05, 4.69) is 5.32 Å². The Balaban J connectivity index is 1.68. The van der Waals surface area contributed by atoms with Crippen molar-refractivity contribution in [2.75, 3.05) is 7.11 Å². The molecule has 4 rings (SSSR count). The first-order valence-electron chi connectivity index (χ1n) is 12.2. The Morgan fingerprint density at radius 1 is 1.11 bits per heavy atom. The standard InChI is InChI=1S/C29H33N3O4S/c1-18(20-12-8-7-9-13-20)30-24(33)16-21-17-37-28-31-19(2)25(27(34)36-29(3,4)5)26(32(21)28)22-14-10-11-15-23(22)35-6/h7-15,17-18,26H,16H2,1-6H3,(H,30,33)/t18-,26-/m1/s1. The van der Waals surface area contributed by atoms with Crippen molar-refractivity contribution in [3.63, 3.8) is 0 Å². The van der Waals surface area contributed by atoms with Crippen LogP contribution in [0.4, 0.5) is 0 Å². The van der Waals surface area contributed by atoms with Crippen LogP contribution in [-0.4, -0.2) is 34.7 Å². The third kappa shape index (κ3) is 5.91. The van der Waals surface area contributed by atoms with E-state index >= 15 is 0 Å². The van der Waals surface area contributed by atoms with Crippen molar-refractivity contribution in [2.24, 2.45) is 4.99 Å². The number of carbonyl (C=O) groups is 2. The van der Waals surface area contributed by atoms with E-state index in [9.17, 15) is 9.59 Å². The molecule has 0 aromatic heterocycles. The van der Waals surface area contributed by atoms with Crippen LogP contribution in [0, 0.1) is 0 Å². The summed E-state index contributed by atoms with van der Waals surface area (Å²) in [5.74, 6) is 0.0800. The Morgan fingerprint density at radius 2 is 1.78 bits per heavy atom. The number of nitrogens with zero attached hydrogens (tertiary/aromatic N) is 2. The average Bonchev–Trinajstić information content (AvgIpc) is 3.24. The van der Waals surface area contributed by atoms with E-state index < -0.39 is 17.6 Å². The number of para-hydroxylation sites is 1. The lowest BCUT2D eigenvalue weighted by Gasteiger charge is -2.37. The highest BCUT2D eigenvalue weighted by Gasteiger charge is 2.43. The minimum atomic E-state index is -0.675. The largest absolute Gasteiger partial charge is 0.496 e. The molecule has 0 saturated heterocycles. The van der Waals surface area contributed by atoms with Gasteiger partial charge in [0.05, 0.1) is 36.9 Å². The Labute approximate surface area is 222 Å². The van der Waals surface area contributed by atoms with Gasteiger partial charge in [0.1, 0.15) is 11.4 Å². The Morgan fingerprint density at radius 3 is 2.46 bits per heavy atom. The van der Waals surface area contributed by atoms with Crippen molar-refractivity contribution in [3.8, 4) is 5.75 Å². The summed E-state index contributed by atoms with van der Waals surface area (Å²) in [7, 11) is 1.61. The van der Waals surface area contributed by atoms with Gasteiger partial charge in [0, 0.05) is 11.3 Å². The number of ether oxygens (including phenoxy) is 2. The highest BCUT2D eigenvalue weighted by molar-refractivity contribution is 8.16. The van der Waals surface area contributed by atoms with Gasteiger partial charge in [-0.25, -0.2) is 9.79 Å². The number of amidine groups is 1. The van der Waals surface area contributed by atoms with Crippen LogP contribution in [0.3, 0.4) is 0 Å². The molecule has 37 heavy (non-hydrogen) atoms.